The van der Waals surface area contributed by atoms with Crippen LogP contribution in [0.4, 0.5) is 0 Å². The second kappa shape index (κ2) is 6.86. The molecule has 7 nitrogen and oxygen atoms in total. The Morgan fingerprint density at radius 3 is 2.37 bits per heavy atom. The first-order valence-corrected chi connectivity index (χ1v) is 6.31. The number of nitrogens with one attached hydrogen (secondary N) is 1. The highest BCUT2D eigenvalue weighted by molar-refractivity contribution is 6.02. The van der Waals surface area contributed by atoms with E-state index in [1.807, 2.05) is 6.92 Å². The van der Waals surface area contributed by atoms with Crippen molar-refractivity contribution in [2.75, 3.05) is 6.54 Å². The van der Waals surface area contributed by atoms with E-state index in [0.717, 1.165) is 4.90 Å². The van der Waals surface area contributed by atoms with E-state index in [2.05, 4.69) is 5.32 Å². The van der Waals surface area contributed by atoms with Crippen LogP contribution < -0.4 is 5.32 Å². The van der Waals surface area contributed by atoms with Gasteiger partial charge in [-0.1, -0.05) is 13.3 Å². The third-order valence-electron chi connectivity index (χ3n) is 2.93. The summed E-state index contributed by atoms with van der Waals surface area (Å²) in [5.41, 5.74) is 0. The smallest absolute Gasteiger partial charge is 0.326 e. The van der Waals surface area contributed by atoms with Gasteiger partial charge in [0.1, 0.15) is 6.04 Å². The highest BCUT2D eigenvalue weighted by Crippen LogP contribution is 2.11. The molecule has 7 heteroatoms. The Morgan fingerprint density at radius 1 is 1.32 bits per heavy atom. The Balaban J connectivity index is 2.40. The molecular formula is C12H18N2O5. The molecule has 0 radical (unpaired) electrons. The standard InChI is InChI=1S/C12H18N2O5/c1-2-3-8(12(18)19)13-9(15)6-7-14-10(16)4-5-11(14)17/h8H,2-7H2,1H3,(H,13,15)(H,18,19)/t8-/m0/s1. The average molecular weight is 270 g/mol. The van der Waals surface area contributed by atoms with Crippen LogP contribution in [0.1, 0.15) is 39.0 Å². The van der Waals surface area contributed by atoms with Crippen LogP contribution in [0.3, 0.4) is 0 Å². The topological polar surface area (TPSA) is 104 Å². The summed E-state index contributed by atoms with van der Waals surface area (Å²) >= 11 is 0. The summed E-state index contributed by atoms with van der Waals surface area (Å²) in [6.07, 6.45) is 1.30. The first-order chi connectivity index (χ1) is 8.95. The summed E-state index contributed by atoms with van der Waals surface area (Å²) in [4.78, 5) is 46.1. The number of likely N-dealkylation sites (tertiary alicyclic amines) is 1. The number of hydrogen-bond acceptors (Lipinski definition) is 4. The van der Waals surface area contributed by atoms with Crippen LogP contribution in [-0.4, -0.2) is 46.3 Å². The number of amides is 3. The lowest BCUT2D eigenvalue weighted by Gasteiger charge is -2.16. The number of rotatable bonds is 7. The van der Waals surface area contributed by atoms with Gasteiger partial charge in [-0.25, -0.2) is 4.79 Å². The number of carbonyl (C=O) groups excluding carboxylic acids is 3. The Labute approximate surface area is 110 Å². The zero-order valence-corrected chi connectivity index (χ0v) is 10.8. The Morgan fingerprint density at radius 2 is 1.89 bits per heavy atom. The van der Waals surface area contributed by atoms with Crippen LogP contribution in [-0.2, 0) is 19.2 Å². The lowest BCUT2D eigenvalue weighted by Crippen LogP contribution is -2.42. The fraction of sp³-hybridized carbons (Fsp3) is 0.667. The van der Waals surface area contributed by atoms with Gasteiger partial charge in [-0.15, -0.1) is 0 Å². The second-order valence-electron chi connectivity index (χ2n) is 4.44. The van der Waals surface area contributed by atoms with E-state index in [4.69, 9.17) is 5.11 Å². The predicted octanol–water partition coefficient (Wildman–Crippen LogP) is -0.105. The average Bonchev–Trinajstić information content (AvgIpc) is 2.66. The monoisotopic (exact) mass is 270 g/mol. The number of nitrogens with zero attached hydrogens (tertiary/aromatic N) is 1. The van der Waals surface area contributed by atoms with Crippen molar-refractivity contribution in [3.8, 4) is 0 Å². The Bertz CT molecular complexity index is 378. The van der Waals surface area contributed by atoms with E-state index >= 15 is 0 Å². The molecule has 0 aliphatic carbocycles. The summed E-state index contributed by atoms with van der Waals surface area (Å²) in [5, 5.41) is 11.3. The van der Waals surface area contributed by atoms with Crippen molar-refractivity contribution in [1.82, 2.24) is 10.2 Å². The maximum Gasteiger partial charge on any atom is 0.326 e. The van der Waals surface area contributed by atoms with Gasteiger partial charge in [0, 0.05) is 25.8 Å². The van der Waals surface area contributed by atoms with Gasteiger partial charge in [0.15, 0.2) is 0 Å². The number of aliphatic carboxylic acids is 1. The van der Waals surface area contributed by atoms with Gasteiger partial charge in [-0.05, 0) is 6.42 Å². The molecule has 1 aliphatic rings. The summed E-state index contributed by atoms with van der Waals surface area (Å²) in [6, 6.07) is -0.914. The molecule has 1 aliphatic heterocycles. The van der Waals surface area contributed by atoms with Crippen molar-refractivity contribution < 1.29 is 24.3 Å². The molecule has 106 valence electrons. The normalized spacial score (nSPS) is 16.6. The fourth-order valence-electron chi connectivity index (χ4n) is 1.90. The summed E-state index contributed by atoms with van der Waals surface area (Å²) in [5.74, 6) is -2.10. The number of carboxylic acids is 1. The number of hydrogen-bond donors (Lipinski definition) is 2. The van der Waals surface area contributed by atoms with Gasteiger partial charge in [0.25, 0.3) is 0 Å². The van der Waals surface area contributed by atoms with Gasteiger partial charge < -0.3 is 10.4 Å². The summed E-state index contributed by atoms with van der Waals surface area (Å²) in [6.45, 7) is 1.84. The molecule has 0 aromatic carbocycles. The molecule has 1 fully saturated rings. The van der Waals surface area contributed by atoms with Gasteiger partial charge in [0.2, 0.25) is 17.7 Å². The molecule has 0 saturated carbocycles. The van der Waals surface area contributed by atoms with Gasteiger partial charge in [0.05, 0.1) is 0 Å². The molecule has 1 rings (SSSR count). The molecule has 0 bridgehead atoms. The molecule has 0 aromatic heterocycles. The fourth-order valence-corrected chi connectivity index (χ4v) is 1.90. The van der Waals surface area contributed by atoms with Crippen molar-refractivity contribution >= 4 is 23.7 Å². The zero-order valence-electron chi connectivity index (χ0n) is 10.8. The zero-order chi connectivity index (χ0) is 14.4. The van der Waals surface area contributed by atoms with Crippen molar-refractivity contribution in [2.45, 2.75) is 45.1 Å². The van der Waals surface area contributed by atoms with Crippen LogP contribution in [0.25, 0.3) is 0 Å². The van der Waals surface area contributed by atoms with Crippen molar-refractivity contribution in [3.05, 3.63) is 0 Å². The molecule has 0 aromatic rings. The minimum atomic E-state index is -1.08. The van der Waals surface area contributed by atoms with Gasteiger partial charge >= 0.3 is 5.97 Å². The Hall–Kier alpha value is -1.92. The second-order valence-corrected chi connectivity index (χ2v) is 4.44. The van der Waals surface area contributed by atoms with Gasteiger partial charge in [-0.3, -0.25) is 19.3 Å². The van der Waals surface area contributed by atoms with E-state index in [1.54, 1.807) is 0 Å². The van der Waals surface area contributed by atoms with Crippen LogP contribution >= 0.6 is 0 Å². The number of carboxylic acid groups (broad SMARTS) is 1. The largest absolute Gasteiger partial charge is 0.480 e. The van der Waals surface area contributed by atoms with Crippen LogP contribution in [0.15, 0.2) is 0 Å². The van der Waals surface area contributed by atoms with E-state index in [1.165, 1.54) is 0 Å². The summed E-state index contributed by atoms with van der Waals surface area (Å²) in [7, 11) is 0. The molecule has 1 atom stereocenters. The van der Waals surface area contributed by atoms with E-state index < -0.39 is 17.9 Å². The molecule has 1 saturated heterocycles. The molecule has 1 heterocycles. The van der Waals surface area contributed by atoms with Crippen LogP contribution in [0, 0.1) is 0 Å². The molecule has 2 N–H and O–H groups in total. The number of carbonyl (C=O) groups is 4. The lowest BCUT2D eigenvalue weighted by atomic mass is 10.1. The van der Waals surface area contributed by atoms with Crippen molar-refractivity contribution in [2.24, 2.45) is 0 Å². The van der Waals surface area contributed by atoms with E-state index in [9.17, 15) is 19.2 Å². The van der Waals surface area contributed by atoms with Crippen molar-refractivity contribution in [1.29, 1.82) is 0 Å². The van der Waals surface area contributed by atoms with Crippen LogP contribution in [0.5, 0.6) is 0 Å². The Kier molecular flexibility index (Phi) is 5.47. The first-order valence-electron chi connectivity index (χ1n) is 6.31. The number of imide groups is 1. The SMILES string of the molecule is CCC[C@H](NC(=O)CCN1C(=O)CCC1=O)C(=O)O. The van der Waals surface area contributed by atoms with Gasteiger partial charge in [-0.2, -0.15) is 0 Å². The maximum atomic E-state index is 11.6. The molecular weight excluding hydrogens is 252 g/mol. The van der Waals surface area contributed by atoms with E-state index in [0.29, 0.717) is 12.8 Å². The lowest BCUT2D eigenvalue weighted by molar-refractivity contribution is -0.143. The predicted molar refractivity (Wildman–Crippen MR) is 65.0 cm³/mol. The third kappa shape index (κ3) is 4.35. The molecule has 0 spiro atoms. The highest BCUT2D eigenvalue weighted by atomic mass is 16.4. The molecule has 19 heavy (non-hydrogen) atoms. The quantitative estimate of drug-likeness (QED) is 0.628. The first kappa shape index (κ1) is 15.1. The third-order valence-corrected chi connectivity index (χ3v) is 2.93. The minimum Gasteiger partial charge on any atom is -0.480 e. The minimum absolute atomic E-state index is 0.0158. The molecule has 3 amide bonds. The van der Waals surface area contributed by atoms with Crippen LogP contribution in [0.2, 0.25) is 0 Å². The summed E-state index contributed by atoms with van der Waals surface area (Å²) < 4.78 is 0. The molecule has 0 unspecified atom stereocenters. The highest BCUT2D eigenvalue weighted by Gasteiger charge is 2.29. The van der Waals surface area contributed by atoms with E-state index in [-0.39, 0.29) is 37.6 Å². The maximum absolute atomic E-state index is 11.6. The van der Waals surface area contributed by atoms with Crippen molar-refractivity contribution in [3.63, 3.8) is 0 Å².